The first kappa shape index (κ1) is 8.25. The van der Waals surface area contributed by atoms with Gasteiger partial charge in [0.15, 0.2) is 0 Å². The van der Waals surface area contributed by atoms with Gasteiger partial charge in [-0.15, -0.1) is 0 Å². The second-order valence-electron chi connectivity index (χ2n) is 3.13. The van der Waals surface area contributed by atoms with E-state index in [-0.39, 0.29) is 11.7 Å². The summed E-state index contributed by atoms with van der Waals surface area (Å²) >= 11 is 0. The Kier molecular flexibility index (Phi) is 2.64. The maximum absolute atomic E-state index is 10.9. The summed E-state index contributed by atoms with van der Waals surface area (Å²) in [6.07, 6.45) is 8.37. The van der Waals surface area contributed by atoms with Crippen molar-refractivity contribution >= 4 is 5.78 Å². The fourth-order valence-corrected chi connectivity index (χ4v) is 1.16. The van der Waals surface area contributed by atoms with E-state index in [1.807, 2.05) is 6.92 Å². The van der Waals surface area contributed by atoms with E-state index in [2.05, 4.69) is 18.2 Å². The molecule has 0 aromatic heterocycles. The summed E-state index contributed by atoms with van der Waals surface area (Å²) in [4.78, 5) is 10.9. The highest BCUT2D eigenvalue weighted by atomic mass is 16.1. The normalized spacial score (nSPS) is 18.2. The van der Waals surface area contributed by atoms with Gasteiger partial charge in [0.05, 0.1) is 0 Å². The lowest BCUT2D eigenvalue weighted by Crippen LogP contribution is -2.06. The Morgan fingerprint density at radius 1 is 1.73 bits per heavy atom. The molecule has 0 bridgehead atoms. The lowest BCUT2D eigenvalue weighted by Gasteiger charge is -2.05. The molecule has 1 nitrogen and oxygen atoms in total. The van der Waals surface area contributed by atoms with Crippen LogP contribution in [-0.2, 0) is 4.79 Å². The number of carbonyl (C=O) groups excluding carboxylic acids is 1. The maximum atomic E-state index is 10.9. The van der Waals surface area contributed by atoms with Crippen molar-refractivity contribution in [2.24, 2.45) is 5.92 Å². The Morgan fingerprint density at radius 3 is 2.91 bits per heavy atom. The molecule has 0 radical (unpaired) electrons. The van der Waals surface area contributed by atoms with Gasteiger partial charge in [0, 0.05) is 5.92 Å². The van der Waals surface area contributed by atoms with Crippen LogP contribution >= 0.6 is 0 Å². The fraction of sp³-hybridized carbons (Fsp3) is 0.500. The van der Waals surface area contributed by atoms with Crippen LogP contribution in [0.25, 0.3) is 0 Å². The number of ketones is 1. The molecule has 0 heterocycles. The quantitative estimate of drug-likeness (QED) is 0.604. The van der Waals surface area contributed by atoms with Crippen LogP contribution in [0.1, 0.15) is 26.7 Å². The molecule has 0 aliphatic heterocycles. The van der Waals surface area contributed by atoms with Gasteiger partial charge >= 0.3 is 0 Å². The zero-order valence-corrected chi connectivity index (χ0v) is 7.13. The van der Waals surface area contributed by atoms with Crippen molar-refractivity contribution in [3.63, 3.8) is 0 Å². The van der Waals surface area contributed by atoms with Gasteiger partial charge in [-0.1, -0.05) is 30.7 Å². The third-order valence-electron chi connectivity index (χ3n) is 2.08. The highest BCUT2D eigenvalue weighted by Crippen LogP contribution is 2.18. The second kappa shape index (κ2) is 3.51. The fourth-order valence-electron chi connectivity index (χ4n) is 1.16. The van der Waals surface area contributed by atoms with Gasteiger partial charge in [-0.2, -0.15) is 0 Å². The number of hydrogen-bond acceptors (Lipinski definition) is 1. The maximum Gasteiger partial charge on any atom is 0.132 e. The van der Waals surface area contributed by atoms with Crippen molar-refractivity contribution in [3.05, 3.63) is 23.8 Å². The summed E-state index contributed by atoms with van der Waals surface area (Å²) in [5.74, 6) is 0.468. The number of carbonyl (C=O) groups is 1. The molecule has 1 unspecified atom stereocenters. The number of allylic oxidation sites excluding steroid dienone is 4. The third-order valence-corrected chi connectivity index (χ3v) is 2.08. The standard InChI is InChI=1S/C10H14O/c1-8(9(2)11)7-10-5-3-4-6-10/h3,5-6,8H,4,7H2,1-2H3. The van der Waals surface area contributed by atoms with Crippen molar-refractivity contribution in [3.8, 4) is 0 Å². The van der Waals surface area contributed by atoms with Crippen molar-refractivity contribution in [1.82, 2.24) is 0 Å². The molecule has 0 aromatic carbocycles. The molecule has 0 saturated heterocycles. The van der Waals surface area contributed by atoms with Gasteiger partial charge in [0.1, 0.15) is 5.78 Å². The molecule has 1 aliphatic rings. The zero-order valence-electron chi connectivity index (χ0n) is 7.13. The molecule has 0 saturated carbocycles. The van der Waals surface area contributed by atoms with E-state index < -0.39 is 0 Å². The molecule has 1 heteroatoms. The van der Waals surface area contributed by atoms with E-state index >= 15 is 0 Å². The van der Waals surface area contributed by atoms with Gasteiger partial charge in [-0.05, 0) is 19.8 Å². The van der Waals surface area contributed by atoms with Crippen molar-refractivity contribution in [2.45, 2.75) is 26.7 Å². The Hall–Kier alpha value is -0.850. The minimum absolute atomic E-state index is 0.184. The molecule has 0 aromatic rings. The van der Waals surface area contributed by atoms with Gasteiger partial charge in [0.25, 0.3) is 0 Å². The van der Waals surface area contributed by atoms with E-state index in [1.165, 1.54) is 5.57 Å². The van der Waals surface area contributed by atoms with E-state index in [1.54, 1.807) is 6.92 Å². The largest absolute Gasteiger partial charge is 0.300 e. The van der Waals surface area contributed by atoms with Crippen LogP contribution in [0.3, 0.4) is 0 Å². The molecule has 0 amide bonds. The SMILES string of the molecule is CC(=O)C(C)CC1=CCC=C1. The highest BCUT2D eigenvalue weighted by Gasteiger charge is 2.09. The van der Waals surface area contributed by atoms with Crippen molar-refractivity contribution in [1.29, 1.82) is 0 Å². The summed E-state index contributed by atoms with van der Waals surface area (Å²) < 4.78 is 0. The molecular formula is C10H14O. The van der Waals surface area contributed by atoms with E-state index in [0.29, 0.717) is 0 Å². The molecule has 60 valence electrons. The monoisotopic (exact) mass is 150 g/mol. The van der Waals surface area contributed by atoms with Gasteiger partial charge < -0.3 is 0 Å². The minimum atomic E-state index is 0.184. The minimum Gasteiger partial charge on any atom is -0.300 e. The first-order chi connectivity index (χ1) is 5.20. The topological polar surface area (TPSA) is 17.1 Å². The van der Waals surface area contributed by atoms with Crippen LogP contribution in [0.2, 0.25) is 0 Å². The summed E-state index contributed by atoms with van der Waals surface area (Å²) in [6.45, 7) is 3.64. The predicted octanol–water partition coefficient (Wildman–Crippen LogP) is 2.49. The predicted molar refractivity (Wildman–Crippen MR) is 46.3 cm³/mol. The van der Waals surface area contributed by atoms with Crippen LogP contribution in [0.5, 0.6) is 0 Å². The van der Waals surface area contributed by atoms with Crippen LogP contribution in [-0.4, -0.2) is 5.78 Å². The molecule has 1 aliphatic carbocycles. The average Bonchev–Trinajstić information content (AvgIpc) is 2.39. The number of hydrogen-bond donors (Lipinski definition) is 0. The van der Waals surface area contributed by atoms with Crippen molar-refractivity contribution in [2.75, 3.05) is 0 Å². The summed E-state index contributed by atoms with van der Waals surface area (Å²) in [6, 6.07) is 0. The Morgan fingerprint density at radius 2 is 2.45 bits per heavy atom. The Labute approximate surface area is 67.8 Å². The van der Waals surface area contributed by atoms with Crippen LogP contribution in [0, 0.1) is 5.92 Å². The Bertz CT molecular complexity index is 211. The molecule has 0 fully saturated rings. The molecule has 1 rings (SSSR count). The summed E-state index contributed by atoms with van der Waals surface area (Å²) in [5.41, 5.74) is 1.31. The number of Topliss-reactive ketones (excluding diaryl/α,β-unsaturated/α-hetero) is 1. The van der Waals surface area contributed by atoms with Gasteiger partial charge in [0.2, 0.25) is 0 Å². The van der Waals surface area contributed by atoms with E-state index in [0.717, 1.165) is 12.8 Å². The van der Waals surface area contributed by atoms with Crippen LogP contribution in [0.15, 0.2) is 23.8 Å². The first-order valence-electron chi connectivity index (χ1n) is 4.06. The molecule has 0 N–H and O–H groups in total. The van der Waals surface area contributed by atoms with Gasteiger partial charge in [-0.25, -0.2) is 0 Å². The molecular weight excluding hydrogens is 136 g/mol. The second-order valence-corrected chi connectivity index (χ2v) is 3.13. The van der Waals surface area contributed by atoms with Crippen molar-refractivity contribution < 1.29 is 4.79 Å². The van der Waals surface area contributed by atoms with Gasteiger partial charge in [-0.3, -0.25) is 4.79 Å². The number of rotatable bonds is 3. The summed E-state index contributed by atoms with van der Waals surface area (Å²) in [5, 5.41) is 0. The Balaban J connectivity index is 2.42. The highest BCUT2D eigenvalue weighted by molar-refractivity contribution is 5.78. The van der Waals surface area contributed by atoms with Crippen LogP contribution in [0.4, 0.5) is 0 Å². The third kappa shape index (κ3) is 2.34. The molecule has 0 spiro atoms. The van der Waals surface area contributed by atoms with E-state index in [9.17, 15) is 4.79 Å². The molecule has 11 heavy (non-hydrogen) atoms. The lowest BCUT2D eigenvalue weighted by molar-refractivity contribution is -0.120. The lowest BCUT2D eigenvalue weighted by atomic mass is 9.99. The first-order valence-corrected chi connectivity index (χ1v) is 4.06. The smallest absolute Gasteiger partial charge is 0.132 e. The van der Waals surface area contributed by atoms with Crippen LogP contribution < -0.4 is 0 Å². The average molecular weight is 150 g/mol. The summed E-state index contributed by atoms with van der Waals surface area (Å²) in [7, 11) is 0. The zero-order chi connectivity index (χ0) is 8.27. The molecule has 1 atom stereocenters. The van der Waals surface area contributed by atoms with E-state index in [4.69, 9.17) is 0 Å².